The van der Waals surface area contributed by atoms with Gasteiger partial charge >= 0.3 is 0 Å². The molecule has 32 heavy (non-hydrogen) atoms. The third-order valence-electron chi connectivity index (χ3n) is 6.05. The molecule has 2 N–H and O–H groups in total. The van der Waals surface area contributed by atoms with Gasteiger partial charge in [0, 0.05) is 24.7 Å². The summed E-state index contributed by atoms with van der Waals surface area (Å²) < 4.78 is 34.6. The van der Waals surface area contributed by atoms with Crippen molar-refractivity contribution in [3.63, 3.8) is 0 Å². The fraction of sp³-hybridized carbons (Fsp3) is 0.250. The fourth-order valence-electron chi connectivity index (χ4n) is 4.46. The molecule has 0 saturated carbocycles. The number of aromatic nitrogens is 1. The number of amides is 1. The zero-order valence-electron chi connectivity index (χ0n) is 17.5. The van der Waals surface area contributed by atoms with Crippen molar-refractivity contribution in [3.05, 3.63) is 71.3 Å². The average molecular weight is 436 g/mol. The molecule has 1 fully saturated rings. The average Bonchev–Trinajstić information content (AvgIpc) is 3.37. The van der Waals surface area contributed by atoms with Crippen molar-refractivity contribution in [2.24, 2.45) is 5.73 Å². The van der Waals surface area contributed by atoms with Gasteiger partial charge in [-0.3, -0.25) is 9.69 Å². The molecule has 2 aromatic carbocycles. The Morgan fingerprint density at radius 3 is 2.59 bits per heavy atom. The van der Waals surface area contributed by atoms with Crippen LogP contribution >= 0.6 is 0 Å². The highest BCUT2D eigenvalue weighted by Crippen LogP contribution is 2.40. The van der Waals surface area contributed by atoms with E-state index in [-0.39, 0.29) is 24.3 Å². The monoisotopic (exact) mass is 436 g/mol. The minimum atomic E-state index is -0.455. The minimum Gasteiger partial charge on any atom is -0.496 e. The second-order valence-corrected chi connectivity index (χ2v) is 8.01. The number of pyridine rings is 1. The van der Waals surface area contributed by atoms with Crippen LogP contribution in [0.3, 0.4) is 0 Å². The van der Waals surface area contributed by atoms with Gasteiger partial charge < -0.3 is 15.4 Å². The van der Waals surface area contributed by atoms with E-state index in [1.54, 1.807) is 35.2 Å². The number of rotatable bonds is 4. The van der Waals surface area contributed by atoms with Gasteiger partial charge in [-0.25, -0.2) is 13.8 Å². The number of benzene rings is 2. The van der Waals surface area contributed by atoms with Gasteiger partial charge in [0.2, 0.25) is 0 Å². The van der Waals surface area contributed by atoms with Gasteiger partial charge in [0.05, 0.1) is 19.2 Å². The van der Waals surface area contributed by atoms with Crippen LogP contribution < -0.4 is 20.3 Å². The van der Waals surface area contributed by atoms with E-state index in [9.17, 15) is 13.6 Å². The Morgan fingerprint density at radius 2 is 1.84 bits per heavy atom. The van der Waals surface area contributed by atoms with E-state index >= 15 is 0 Å². The van der Waals surface area contributed by atoms with Crippen LogP contribution in [0.15, 0.2) is 48.5 Å². The molecule has 0 aliphatic carbocycles. The number of hydrogen-bond acceptors (Lipinski definition) is 5. The molecule has 164 valence electrons. The third kappa shape index (κ3) is 3.27. The number of methoxy groups -OCH3 is 1. The summed E-state index contributed by atoms with van der Waals surface area (Å²) in [5.74, 6) is -0.234. The molecule has 2 aliphatic rings. The lowest BCUT2D eigenvalue weighted by atomic mass is 9.96. The van der Waals surface area contributed by atoms with E-state index in [0.717, 1.165) is 6.42 Å². The largest absolute Gasteiger partial charge is 0.496 e. The highest BCUT2D eigenvalue weighted by atomic mass is 19.1. The molecule has 1 amide bonds. The Balaban J connectivity index is 1.55. The molecular weight excluding hydrogens is 414 g/mol. The zero-order valence-corrected chi connectivity index (χ0v) is 17.5. The standard InChI is InChI=1S/C24H22F2N4O2/c1-32-20-7-3-6-18(25)22(20)15-4-2-5-16-17(15)13-30(24(16)31)21-9-8-19(26)23(28-21)29-11-10-14(27)12-29/h2-9,14H,10-13,27H2,1H3/t14-/m1/s1. The van der Waals surface area contributed by atoms with Crippen LogP contribution in [-0.4, -0.2) is 37.1 Å². The van der Waals surface area contributed by atoms with Crippen molar-refractivity contribution in [3.8, 4) is 16.9 Å². The molecule has 1 saturated heterocycles. The van der Waals surface area contributed by atoms with Crippen LogP contribution in [0.1, 0.15) is 22.3 Å². The highest BCUT2D eigenvalue weighted by molar-refractivity contribution is 6.11. The Kier molecular flexibility index (Phi) is 5.01. The number of anilines is 2. The number of ether oxygens (including phenoxy) is 1. The van der Waals surface area contributed by atoms with Crippen molar-refractivity contribution in [1.82, 2.24) is 4.98 Å². The number of hydrogen-bond donors (Lipinski definition) is 1. The molecule has 5 rings (SSSR count). The Bertz CT molecular complexity index is 1220. The first-order valence-electron chi connectivity index (χ1n) is 10.4. The fourth-order valence-corrected chi connectivity index (χ4v) is 4.46. The van der Waals surface area contributed by atoms with E-state index in [1.807, 2.05) is 0 Å². The summed E-state index contributed by atoms with van der Waals surface area (Å²) in [5.41, 5.74) is 7.99. The number of nitrogens with two attached hydrogens (primary N) is 1. The van der Waals surface area contributed by atoms with E-state index in [4.69, 9.17) is 10.5 Å². The van der Waals surface area contributed by atoms with Gasteiger partial charge in [-0.1, -0.05) is 18.2 Å². The number of nitrogens with zero attached hydrogens (tertiary/aromatic N) is 3. The SMILES string of the molecule is COc1cccc(F)c1-c1cccc2c1CN(c1ccc(F)c(N3CC[C@@H](N)C3)n1)C2=O. The van der Waals surface area contributed by atoms with Gasteiger partial charge in [-0.05, 0) is 47.9 Å². The molecule has 3 aromatic rings. The molecule has 1 aromatic heterocycles. The summed E-state index contributed by atoms with van der Waals surface area (Å²) in [6, 6.07) is 12.6. The van der Waals surface area contributed by atoms with Crippen LogP contribution in [0.2, 0.25) is 0 Å². The zero-order chi connectivity index (χ0) is 22.4. The van der Waals surface area contributed by atoms with Gasteiger partial charge in [0.1, 0.15) is 17.4 Å². The Labute approximate surface area is 184 Å². The topological polar surface area (TPSA) is 71.7 Å². The molecule has 3 heterocycles. The summed E-state index contributed by atoms with van der Waals surface area (Å²) in [5, 5.41) is 0. The summed E-state index contributed by atoms with van der Waals surface area (Å²) >= 11 is 0. The molecule has 0 radical (unpaired) electrons. The van der Waals surface area contributed by atoms with E-state index < -0.39 is 11.6 Å². The first-order chi connectivity index (χ1) is 15.5. The van der Waals surface area contributed by atoms with Gasteiger partial charge in [0.15, 0.2) is 11.6 Å². The van der Waals surface area contributed by atoms with Crippen molar-refractivity contribution >= 4 is 17.5 Å². The summed E-state index contributed by atoms with van der Waals surface area (Å²) in [6.07, 6.45) is 0.757. The maximum atomic E-state index is 14.8. The van der Waals surface area contributed by atoms with E-state index in [0.29, 0.717) is 46.9 Å². The van der Waals surface area contributed by atoms with Crippen molar-refractivity contribution < 1.29 is 18.3 Å². The van der Waals surface area contributed by atoms with Gasteiger partial charge in [0.25, 0.3) is 5.91 Å². The molecule has 2 aliphatic heterocycles. The maximum Gasteiger partial charge on any atom is 0.260 e. The summed E-state index contributed by atoms with van der Waals surface area (Å²) in [7, 11) is 1.48. The number of fused-ring (bicyclic) bond motifs is 1. The molecule has 1 atom stereocenters. The summed E-state index contributed by atoms with van der Waals surface area (Å²) in [4.78, 5) is 21.0. The third-order valence-corrected chi connectivity index (χ3v) is 6.05. The quantitative estimate of drug-likeness (QED) is 0.675. The molecular formula is C24H22F2N4O2. The second-order valence-electron chi connectivity index (χ2n) is 8.01. The normalized spacial score (nSPS) is 17.8. The first kappa shape index (κ1) is 20.4. The van der Waals surface area contributed by atoms with E-state index in [1.165, 1.54) is 30.2 Å². The Morgan fingerprint density at radius 1 is 1.06 bits per heavy atom. The highest BCUT2D eigenvalue weighted by Gasteiger charge is 2.33. The lowest BCUT2D eigenvalue weighted by molar-refractivity contribution is 0.0996. The van der Waals surface area contributed by atoms with Crippen molar-refractivity contribution in [2.45, 2.75) is 19.0 Å². The molecule has 8 heteroatoms. The maximum absolute atomic E-state index is 14.8. The van der Waals surface area contributed by atoms with Crippen LogP contribution in [0.4, 0.5) is 20.4 Å². The number of halogens is 2. The lowest BCUT2D eigenvalue weighted by Crippen LogP contribution is -2.29. The number of carbonyl (C=O) groups excluding carboxylic acids is 1. The smallest absolute Gasteiger partial charge is 0.260 e. The van der Waals surface area contributed by atoms with Gasteiger partial charge in [-0.2, -0.15) is 0 Å². The van der Waals surface area contributed by atoms with Crippen LogP contribution in [0, 0.1) is 11.6 Å². The summed E-state index contributed by atoms with van der Waals surface area (Å²) in [6.45, 7) is 1.32. The van der Waals surface area contributed by atoms with Crippen LogP contribution in [-0.2, 0) is 6.54 Å². The predicted molar refractivity (Wildman–Crippen MR) is 118 cm³/mol. The molecule has 0 spiro atoms. The molecule has 0 bridgehead atoms. The van der Waals surface area contributed by atoms with Crippen molar-refractivity contribution in [1.29, 1.82) is 0 Å². The number of carbonyl (C=O) groups is 1. The van der Waals surface area contributed by atoms with Crippen LogP contribution in [0.25, 0.3) is 11.1 Å². The van der Waals surface area contributed by atoms with Gasteiger partial charge in [-0.15, -0.1) is 0 Å². The second kappa shape index (κ2) is 7.87. The van der Waals surface area contributed by atoms with Crippen molar-refractivity contribution in [2.75, 3.05) is 30.0 Å². The lowest BCUT2D eigenvalue weighted by Gasteiger charge is -2.21. The Hall–Kier alpha value is -3.52. The van der Waals surface area contributed by atoms with E-state index in [2.05, 4.69) is 4.98 Å². The predicted octanol–water partition coefficient (Wildman–Crippen LogP) is 3.73. The minimum absolute atomic E-state index is 0.0316. The molecule has 0 unspecified atom stereocenters. The van der Waals surface area contributed by atoms with Crippen LogP contribution in [0.5, 0.6) is 5.75 Å². The first-order valence-corrected chi connectivity index (χ1v) is 10.4. The molecule has 6 nitrogen and oxygen atoms in total.